The monoisotopic (exact) mass is 433 g/mol. The fourth-order valence-corrected chi connectivity index (χ4v) is 3.33. The van der Waals surface area contributed by atoms with Crippen molar-refractivity contribution >= 4 is 17.6 Å². The van der Waals surface area contributed by atoms with E-state index in [4.69, 9.17) is 4.74 Å². The molecule has 0 radical (unpaired) electrons. The highest BCUT2D eigenvalue weighted by atomic mass is 19.2. The van der Waals surface area contributed by atoms with Gasteiger partial charge in [0.1, 0.15) is 17.7 Å². The lowest BCUT2D eigenvalue weighted by Crippen LogP contribution is -2.43. The van der Waals surface area contributed by atoms with Crippen molar-refractivity contribution < 1.29 is 18.3 Å². The number of hydrogen-bond acceptors (Lipinski definition) is 6. The summed E-state index contributed by atoms with van der Waals surface area (Å²) >= 11 is 0. The number of carbonyl (C=O) groups excluding carboxylic acids is 1. The van der Waals surface area contributed by atoms with E-state index < -0.39 is 17.2 Å². The molecule has 1 aliphatic heterocycles. The van der Waals surface area contributed by atoms with Crippen LogP contribution >= 0.6 is 0 Å². The number of carbonyl (C=O) groups is 1. The van der Waals surface area contributed by atoms with E-state index in [1.165, 1.54) is 12.4 Å². The van der Waals surface area contributed by atoms with Gasteiger partial charge in [-0.15, -0.1) is 0 Å². The van der Waals surface area contributed by atoms with Gasteiger partial charge in [-0.25, -0.2) is 23.5 Å². The van der Waals surface area contributed by atoms with E-state index >= 15 is 0 Å². The third-order valence-electron chi connectivity index (χ3n) is 4.92. The molecule has 3 rings (SSSR count). The highest BCUT2D eigenvalue weighted by Crippen LogP contribution is 2.20. The molecule has 31 heavy (non-hydrogen) atoms. The Bertz CT molecular complexity index is 896. The quantitative estimate of drug-likeness (QED) is 0.710. The first-order valence-corrected chi connectivity index (χ1v) is 10.4. The number of anilines is 2. The van der Waals surface area contributed by atoms with Gasteiger partial charge in [0.05, 0.1) is 5.69 Å². The van der Waals surface area contributed by atoms with Gasteiger partial charge in [0.15, 0.2) is 11.6 Å². The molecule has 0 aliphatic carbocycles. The number of nitrogens with one attached hydrogen (secondary N) is 2. The van der Waals surface area contributed by atoms with Crippen LogP contribution in [0.4, 0.5) is 25.1 Å². The molecule has 0 bridgehead atoms. The lowest BCUT2D eigenvalue weighted by Gasteiger charge is -2.33. The van der Waals surface area contributed by atoms with Crippen LogP contribution in [0.15, 0.2) is 30.6 Å². The predicted molar refractivity (Wildman–Crippen MR) is 114 cm³/mol. The second-order valence-electron chi connectivity index (χ2n) is 8.69. The number of ether oxygens (including phenoxy) is 1. The molecule has 0 spiro atoms. The van der Waals surface area contributed by atoms with Gasteiger partial charge in [0, 0.05) is 37.5 Å². The molecule has 1 amide bonds. The second-order valence-corrected chi connectivity index (χ2v) is 8.69. The first-order chi connectivity index (χ1) is 14.7. The van der Waals surface area contributed by atoms with Crippen LogP contribution in [0.2, 0.25) is 0 Å². The summed E-state index contributed by atoms with van der Waals surface area (Å²) in [6.07, 6.45) is 3.01. The minimum absolute atomic E-state index is 0.249. The summed E-state index contributed by atoms with van der Waals surface area (Å²) in [6, 6.07) is 5.36. The summed E-state index contributed by atoms with van der Waals surface area (Å²) < 4.78 is 31.8. The van der Waals surface area contributed by atoms with Crippen LogP contribution in [-0.4, -0.2) is 46.2 Å². The summed E-state index contributed by atoms with van der Waals surface area (Å²) in [5, 5.41) is 6.35. The summed E-state index contributed by atoms with van der Waals surface area (Å²) in [6.45, 7) is 8.36. The number of rotatable bonds is 6. The maximum atomic E-state index is 13.4. The smallest absolute Gasteiger partial charge is 0.410 e. The Morgan fingerprint density at radius 3 is 2.58 bits per heavy atom. The van der Waals surface area contributed by atoms with Crippen LogP contribution in [0, 0.1) is 17.6 Å². The molecule has 1 fully saturated rings. The largest absolute Gasteiger partial charge is 0.444 e. The van der Waals surface area contributed by atoms with Crippen LogP contribution in [0.1, 0.15) is 39.3 Å². The highest BCUT2D eigenvalue weighted by molar-refractivity contribution is 5.68. The van der Waals surface area contributed by atoms with Crippen LogP contribution < -0.4 is 10.6 Å². The summed E-state index contributed by atoms with van der Waals surface area (Å²) in [5.74, 6) is -0.836. The van der Waals surface area contributed by atoms with Crippen LogP contribution in [0.5, 0.6) is 0 Å². The van der Waals surface area contributed by atoms with Gasteiger partial charge in [0.25, 0.3) is 0 Å². The molecular weight excluding hydrogens is 404 g/mol. The molecule has 9 heteroatoms. The average molecular weight is 434 g/mol. The lowest BCUT2D eigenvalue weighted by molar-refractivity contribution is 0.0184. The molecule has 0 atom stereocenters. The Morgan fingerprint density at radius 2 is 1.90 bits per heavy atom. The Hall–Kier alpha value is -2.81. The van der Waals surface area contributed by atoms with Gasteiger partial charge < -0.3 is 20.3 Å². The summed E-state index contributed by atoms with van der Waals surface area (Å²) in [7, 11) is 0. The van der Waals surface area contributed by atoms with E-state index in [1.807, 2.05) is 20.8 Å². The maximum absolute atomic E-state index is 13.4. The van der Waals surface area contributed by atoms with Gasteiger partial charge in [-0.3, -0.25) is 0 Å². The molecular formula is C22H29F2N5O2. The van der Waals surface area contributed by atoms with Crippen molar-refractivity contribution in [3.8, 4) is 0 Å². The Morgan fingerprint density at radius 1 is 1.16 bits per heavy atom. The van der Waals surface area contributed by atoms with Gasteiger partial charge in [-0.2, -0.15) is 0 Å². The van der Waals surface area contributed by atoms with Crippen molar-refractivity contribution in [1.29, 1.82) is 0 Å². The number of amides is 1. The number of halogens is 2. The van der Waals surface area contributed by atoms with Crippen molar-refractivity contribution in [2.75, 3.05) is 25.0 Å². The SMILES string of the molecule is CC(C)(C)OC(=O)N1CCC(CNCc2cc(Nc3ccc(F)c(F)c3)ncn2)CC1. The fraction of sp³-hybridized carbons (Fsp3) is 0.500. The summed E-state index contributed by atoms with van der Waals surface area (Å²) in [4.78, 5) is 22.3. The zero-order valence-electron chi connectivity index (χ0n) is 18.1. The molecule has 0 unspecified atom stereocenters. The Kier molecular flexibility index (Phi) is 7.37. The van der Waals surface area contributed by atoms with Crippen molar-refractivity contribution in [2.24, 2.45) is 5.92 Å². The second kappa shape index (κ2) is 10.00. The molecule has 2 aromatic rings. The van der Waals surface area contributed by atoms with Gasteiger partial charge in [-0.05, 0) is 58.2 Å². The van der Waals surface area contributed by atoms with Crippen molar-refractivity contribution in [3.05, 3.63) is 47.9 Å². The van der Waals surface area contributed by atoms with Gasteiger partial charge in [-0.1, -0.05) is 0 Å². The van der Waals surface area contributed by atoms with E-state index in [0.717, 1.165) is 37.2 Å². The summed E-state index contributed by atoms with van der Waals surface area (Å²) in [5.41, 5.74) is 0.713. The normalized spacial score (nSPS) is 15.1. The van der Waals surface area contributed by atoms with Gasteiger partial charge in [0.2, 0.25) is 0 Å². The van der Waals surface area contributed by atoms with E-state index in [9.17, 15) is 13.6 Å². The zero-order valence-corrected chi connectivity index (χ0v) is 18.1. The van der Waals surface area contributed by atoms with Crippen molar-refractivity contribution in [2.45, 2.75) is 45.8 Å². The molecule has 2 N–H and O–H groups in total. The first kappa shape index (κ1) is 22.9. The molecule has 1 aromatic heterocycles. The molecule has 1 aromatic carbocycles. The minimum atomic E-state index is -0.918. The molecule has 2 heterocycles. The number of piperidine rings is 1. The first-order valence-electron chi connectivity index (χ1n) is 10.4. The molecule has 1 saturated heterocycles. The maximum Gasteiger partial charge on any atom is 0.410 e. The Labute approximate surface area is 181 Å². The third kappa shape index (κ3) is 7.13. The average Bonchev–Trinajstić information content (AvgIpc) is 2.70. The van der Waals surface area contributed by atoms with Gasteiger partial charge >= 0.3 is 6.09 Å². The number of aromatic nitrogens is 2. The number of likely N-dealkylation sites (tertiary alicyclic amines) is 1. The van der Waals surface area contributed by atoms with E-state index in [2.05, 4.69) is 20.6 Å². The van der Waals surface area contributed by atoms with Crippen LogP contribution in [0.3, 0.4) is 0 Å². The number of nitrogens with zero attached hydrogens (tertiary/aromatic N) is 3. The van der Waals surface area contributed by atoms with E-state index in [-0.39, 0.29) is 6.09 Å². The fourth-order valence-electron chi connectivity index (χ4n) is 3.33. The molecule has 1 aliphatic rings. The van der Waals surface area contributed by atoms with E-state index in [0.29, 0.717) is 37.1 Å². The predicted octanol–water partition coefficient (Wildman–Crippen LogP) is 4.24. The standard InChI is InChI=1S/C22H29F2N5O2/c1-22(2,3)31-21(30)29-8-6-15(7-9-29)12-25-13-17-11-20(27-14-26-17)28-16-4-5-18(23)19(24)10-16/h4-5,10-11,14-15,25H,6-9,12-13H2,1-3H3,(H,26,27,28). The zero-order chi connectivity index (χ0) is 22.4. The Balaban J connectivity index is 1.42. The van der Waals surface area contributed by atoms with Crippen molar-refractivity contribution in [3.63, 3.8) is 0 Å². The van der Waals surface area contributed by atoms with E-state index in [1.54, 1.807) is 11.0 Å². The molecule has 7 nitrogen and oxygen atoms in total. The molecule has 0 saturated carbocycles. The van der Waals surface area contributed by atoms with Crippen LogP contribution in [-0.2, 0) is 11.3 Å². The topological polar surface area (TPSA) is 79.4 Å². The van der Waals surface area contributed by atoms with Crippen molar-refractivity contribution in [1.82, 2.24) is 20.2 Å². The minimum Gasteiger partial charge on any atom is -0.444 e. The molecule has 168 valence electrons. The lowest BCUT2D eigenvalue weighted by atomic mass is 9.97. The third-order valence-corrected chi connectivity index (χ3v) is 4.92. The number of benzene rings is 1. The van der Waals surface area contributed by atoms with Crippen LogP contribution in [0.25, 0.3) is 0 Å². The highest BCUT2D eigenvalue weighted by Gasteiger charge is 2.26. The number of hydrogen-bond donors (Lipinski definition) is 2.